The molecule has 0 aliphatic rings. The molecule has 28 heavy (non-hydrogen) atoms. The lowest BCUT2D eigenvalue weighted by molar-refractivity contribution is 0.471. The van der Waals surface area contributed by atoms with E-state index in [2.05, 4.69) is 34.3 Å². The highest BCUT2D eigenvalue weighted by Gasteiger charge is 2.21. The number of nitrogens with zero attached hydrogens (tertiary/aromatic N) is 2. The summed E-state index contributed by atoms with van der Waals surface area (Å²) in [5.41, 5.74) is 5.54. The number of aromatic hydroxyl groups is 1. The molecule has 0 aliphatic heterocycles. The van der Waals surface area contributed by atoms with E-state index in [4.69, 9.17) is 0 Å². The quantitative estimate of drug-likeness (QED) is 0.494. The molecule has 4 rings (SSSR count). The van der Waals surface area contributed by atoms with Gasteiger partial charge >= 0.3 is 0 Å². The highest BCUT2D eigenvalue weighted by atomic mass is 16.3. The SMILES string of the molecule is CCc1ccccc1NC(c1cccnc1)c1ccc2ccc(C)nc2c1O. The van der Waals surface area contributed by atoms with Crippen LogP contribution in [0.3, 0.4) is 0 Å². The van der Waals surface area contributed by atoms with Gasteiger partial charge in [0.1, 0.15) is 11.3 Å². The first kappa shape index (κ1) is 18.0. The molecule has 4 aromatic rings. The summed E-state index contributed by atoms with van der Waals surface area (Å²) in [6.07, 6.45) is 4.51. The second-order valence-electron chi connectivity index (χ2n) is 6.90. The van der Waals surface area contributed by atoms with E-state index < -0.39 is 0 Å². The number of nitrogens with one attached hydrogen (secondary N) is 1. The van der Waals surface area contributed by atoms with Crippen molar-refractivity contribution in [1.82, 2.24) is 9.97 Å². The van der Waals surface area contributed by atoms with Gasteiger partial charge in [-0.15, -0.1) is 0 Å². The number of fused-ring (bicyclic) bond motifs is 1. The Bertz CT molecular complexity index is 1110. The largest absolute Gasteiger partial charge is 0.505 e. The van der Waals surface area contributed by atoms with Crippen LogP contribution < -0.4 is 5.32 Å². The fourth-order valence-corrected chi connectivity index (χ4v) is 3.53. The predicted octanol–water partition coefficient (Wildman–Crippen LogP) is 5.41. The zero-order valence-electron chi connectivity index (χ0n) is 16.1. The van der Waals surface area contributed by atoms with Crippen LogP contribution in [0.2, 0.25) is 0 Å². The van der Waals surface area contributed by atoms with Gasteiger partial charge in [-0.2, -0.15) is 0 Å². The van der Waals surface area contributed by atoms with Crippen molar-refractivity contribution in [2.45, 2.75) is 26.3 Å². The van der Waals surface area contributed by atoms with Crippen LogP contribution >= 0.6 is 0 Å². The Kier molecular flexibility index (Phi) is 4.94. The standard InChI is InChI=1S/C24H23N3O/c1-3-17-7-4-5-9-21(17)27-22(19-8-6-14-25-15-19)20-13-12-18-11-10-16(2)26-23(18)24(20)28/h4-15,22,27-28H,3H2,1-2H3. The molecule has 0 amide bonds. The highest BCUT2D eigenvalue weighted by molar-refractivity contribution is 5.86. The van der Waals surface area contributed by atoms with E-state index in [0.29, 0.717) is 5.52 Å². The maximum absolute atomic E-state index is 11.1. The highest BCUT2D eigenvalue weighted by Crippen LogP contribution is 2.37. The molecule has 1 atom stereocenters. The number of hydrogen-bond donors (Lipinski definition) is 2. The minimum absolute atomic E-state index is 0.205. The van der Waals surface area contributed by atoms with Gasteiger partial charge in [-0.3, -0.25) is 4.98 Å². The molecule has 1 unspecified atom stereocenters. The van der Waals surface area contributed by atoms with Crippen molar-refractivity contribution in [3.05, 3.63) is 95.4 Å². The van der Waals surface area contributed by atoms with Gasteiger partial charge in [-0.1, -0.05) is 49.4 Å². The van der Waals surface area contributed by atoms with Gasteiger partial charge in [0.2, 0.25) is 0 Å². The summed E-state index contributed by atoms with van der Waals surface area (Å²) in [6.45, 7) is 4.07. The Morgan fingerprint density at radius 1 is 1.00 bits per heavy atom. The molecule has 0 radical (unpaired) electrons. The van der Waals surface area contributed by atoms with E-state index >= 15 is 0 Å². The van der Waals surface area contributed by atoms with E-state index in [9.17, 15) is 5.11 Å². The summed E-state index contributed by atoms with van der Waals surface area (Å²) in [7, 11) is 0. The van der Waals surface area contributed by atoms with E-state index in [0.717, 1.165) is 34.3 Å². The lowest BCUT2D eigenvalue weighted by Crippen LogP contribution is -2.14. The number of benzene rings is 2. The minimum atomic E-state index is -0.242. The van der Waals surface area contributed by atoms with E-state index in [1.54, 1.807) is 6.20 Å². The molecule has 0 aliphatic carbocycles. The summed E-state index contributed by atoms with van der Waals surface area (Å²) in [5.74, 6) is 0.205. The summed E-state index contributed by atoms with van der Waals surface area (Å²) < 4.78 is 0. The molecule has 0 spiro atoms. The lowest BCUT2D eigenvalue weighted by Gasteiger charge is -2.23. The van der Waals surface area contributed by atoms with Crippen molar-refractivity contribution >= 4 is 16.6 Å². The summed E-state index contributed by atoms with van der Waals surface area (Å²) in [5, 5.41) is 15.6. The Balaban J connectivity index is 1.87. The van der Waals surface area contributed by atoms with Crippen LogP contribution in [0.1, 0.15) is 35.3 Å². The Hall–Kier alpha value is -3.40. The third-order valence-corrected chi connectivity index (χ3v) is 5.03. The Morgan fingerprint density at radius 3 is 2.61 bits per heavy atom. The number of aryl methyl sites for hydroxylation is 2. The van der Waals surface area contributed by atoms with Crippen molar-refractivity contribution in [3.8, 4) is 5.75 Å². The summed E-state index contributed by atoms with van der Waals surface area (Å²) >= 11 is 0. The number of phenols is 1. The monoisotopic (exact) mass is 369 g/mol. The first-order valence-electron chi connectivity index (χ1n) is 9.51. The van der Waals surface area contributed by atoms with Gasteiger partial charge < -0.3 is 10.4 Å². The molecule has 0 saturated heterocycles. The molecule has 0 saturated carbocycles. The zero-order chi connectivity index (χ0) is 19.5. The topological polar surface area (TPSA) is 58.0 Å². The van der Waals surface area contributed by atoms with Crippen LogP contribution in [0.15, 0.2) is 73.1 Å². The number of rotatable bonds is 5. The third kappa shape index (κ3) is 3.41. The maximum atomic E-state index is 11.1. The van der Waals surface area contributed by atoms with Crippen LogP contribution in [-0.4, -0.2) is 15.1 Å². The number of phenolic OH excluding ortho intramolecular Hbond substituents is 1. The zero-order valence-corrected chi connectivity index (χ0v) is 16.1. The first-order chi connectivity index (χ1) is 13.7. The van der Waals surface area contributed by atoms with Gasteiger partial charge in [0, 0.05) is 34.7 Å². The Labute approximate surface area is 164 Å². The van der Waals surface area contributed by atoms with Gasteiger partial charge in [-0.25, -0.2) is 4.98 Å². The van der Waals surface area contributed by atoms with Crippen molar-refractivity contribution in [2.75, 3.05) is 5.32 Å². The lowest BCUT2D eigenvalue weighted by atomic mass is 9.96. The number of hydrogen-bond acceptors (Lipinski definition) is 4. The van der Waals surface area contributed by atoms with Crippen molar-refractivity contribution in [2.24, 2.45) is 0 Å². The third-order valence-electron chi connectivity index (χ3n) is 5.03. The summed E-state index contributed by atoms with van der Waals surface area (Å²) in [4.78, 5) is 8.84. The molecular weight excluding hydrogens is 346 g/mol. The second-order valence-corrected chi connectivity index (χ2v) is 6.90. The number of para-hydroxylation sites is 1. The van der Waals surface area contributed by atoms with Gasteiger partial charge in [0.15, 0.2) is 0 Å². The molecule has 4 heteroatoms. The average Bonchev–Trinajstić information content (AvgIpc) is 2.74. The van der Waals surface area contributed by atoms with Crippen molar-refractivity contribution in [3.63, 3.8) is 0 Å². The van der Waals surface area contributed by atoms with Crippen LogP contribution in [0.25, 0.3) is 10.9 Å². The van der Waals surface area contributed by atoms with Crippen molar-refractivity contribution < 1.29 is 5.11 Å². The fourth-order valence-electron chi connectivity index (χ4n) is 3.53. The van der Waals surface area contributed by atoms with Crippen LogP contribution in [0.5, 0.6) is 5.75 Å². The molecule has 2 heterocycles. The molecule has 0 fully saturated rings. The average molecular weight is 369 g/mol. The van der Waals surface area contributed by atoms with Crippen LogP contribution in [0.4, 0.5) is 5.69 Å². The van der Waals surface area contributed by atoms with Gasteiger partial charge in [0.05, 0.1) is 6.04 Å². The van der Waals surface area contributed by atoms with Crippen LogP contribution in [0, 0.1) is 6.92 Å². The van der Waals surface area contributed by atoms with Crippen LogP contribution in [-0.2, 0) is 6.42 Å². The van der Waals surface area contributed by atoms with E-state index in [1.165, 1.54) is 5.56 Å². The molecule has 2 aromatic carbocycles. The normalized spacial score (nSPS) is 12.1. The molecule has 0 bridgehead atoms. The second kappa shape index (κ2) is 7.69. The smallest absolute Gasteiger partial charge is 0.147 e. The summed E-state index contributed by atoms with van der Waals surface area (Å²) in [6, 6.07) is 19.9. The molecule has 2 N–H and O–H groups in total. The first-order valence-corrected chi connectivity index (χ1v) is 9.51. The van der Waals surface area contributed by atoms with E-state index in [1.807, 2.05) is 61.7 Å². The van der Waals surface area contributed by atoms with Gasteiger partial charge in [-0.05, 0) is 42.7 Å². The Morgan fingerprint density at radius 2 is 1.82 bits per heavy atom. The molecule has 4 nitrogen and oxygen atoms in total. The molecule has 140 valence electrons. The molecular formula is C24H23N3O. The predicted molar refractivity (Wildman–Crippen MR) is 114 cm³/mol. The van der Waals surface area contributed by atoms with Gasteiger partial charge in [0.25, 0.3) is 0 Å². The number of anilines is 1. The number of pyridine rings is 2. The number of aromatic nitrogens is 2. The molecule has 2 aromatic heterocycles. The fraction of sp³-hybridized carbons (Fsp3) is 0.167. The maximum Gasteiger partial charge on any atom is 0.147 e. The van der Waals surface area contributed by atoms with E-state index in [-0.39, 0.29) is 11.8 Å². The minimum Gasteiger partial charge on any atom is -0.505 e. The van der Waals surface area contributed by atoms with Crippen molar-refractivity contribution in [1.29, 1.82) is 0 Å².